The second-order valence-electron chi connectivity index (χ2n) is 4.19. The molecule has 0 aliphatic carbocycles. The zero-order chi connectivity index (χ0) is 13.5. The van der Waals surface area contributed by atoms with Crippen molar-refractivity contribution in [2.45, 2.75) is 32.7 Å². The van der Waals surface area contributed by atoms with Crippen molar-refractivity contribution in [2.24, 2.45) is 0 Å². The van der Waals surface area contributed by atoms with Gasteiger partial charge in [-0.15, -0.1) is 0 Å². The fourth-order valence-corrected chi connectivity index (χ4v) is 1.73. The summed E-state index contributed by atoms with van der Waals surface area (Å²) in [6.45, 7) is 3.60. The Bertz CT molecular complexity index is 463. The standard InChI is InChI=1S/C14H18N2O2/c1-3-13(6-7-17)16-14-8-11(10(2)18)4-5-12(14)9-15/h4-5,8,13,16-17H,3,6-7H2,1-2H3. The van der Waals surface area contributed by atoms with E-state index in [1.54, 1.807) is 18.2 Å². The summed E-state index contributed by atoms with van der Waals surface area (Å²) >= 11 is 0. The summed E-state index contributed by atoms with van der Waals surface area (Å²) in [5, 5.41) is 21.2. The number of benzene rings is 1. The highest BCUT2D eigenvalue weighted by Gasteiger charge is 2.10. The van der Waals surface area contributed by atoms with Gasteiger partial charge in [0.25, 0.3) is 0 Å². The van der Waals surface area contributed by atoms with Crippen LogP contribution in [-0.4, -0.2) is 23.5 Å². The molecule has 0 aliphatic rings. The molecule has 4 heteroatoms. The van der Waals surface area contributed by atoms with Crippen molar-refractivity contribution in [3.63, 3.8) is 0 Å². The van der Waals surface area contributed by atoms with Gasteiger partial charge in [0, 0.05) is 18.2 Å². The van der Waals surface area contributed by atoms with Gasteiger partial charge in [-0.25, -0.2) is 0 Å². The number of nitriles is 1. The van der Waals surface area contributed by atoms with E-state index in [1.807, 2.05) is 6.92 Å². The molecule has 4 nitrogen and oxygen atoms in total. The Morgan fingerprint density at radius 3 is 2.78 bits per heavy atom. The molecule has 1 unspecified atom stereocenters. The topological polar surface area (TPSA) is 73.1 Å². The van der Waals surface area contributed by atoms with Crippen molar-refractivity contribution in [2.75, 3.05) is 11.9 Å². The fourth-order valence-electron chi connectivity index (χ4n) is 1.73. The number of hydrogen-bond acceptors (Lipinski definition) is 4. The Morgan fingerprint density at radius 1 is 1.56 bits per heavy atom. The second kappa shape index (κ2) is 6.77. The second-order valence-corrected chi connectivity index (χ2v) is 4.19. The van der Waals surface area contributed by atoms with Gasteiger partial charge in [-0.3, -0.25) is 4.79 Å². The summed E-state index contributed by atoms with van der Waals surface area (Å²) in [7, 11) is 0. The van der Waals surface area contributed by atoms with Crippen LogP contribution in [0.25, 0.3) is 0 Å². The van der Waals surface area contributed by atoms with E-state index in [0.29, 0.717) is 23.2 Å². The molecule has 0 aromatic heterocycles. The van der Waals surface area contributed by atoms with Gasteiger partial charge in [0.2, 0.25) is 0 Å². The maximum Gasteiger partial charge on any atom is 0.159 e. The van der Waals surface area contributed by atoms with E-state index in [1.165, 1.54) is 6.92 Å². The van der Waals surface area contributed by atoms with E-state index in [9.17, 15) is 4.79 Å². The predicted molar refractivity (Wildman–Crippen MR) is 70.6 cm³/mol. The van der Waals surface area contributed by atoms with Crippen molar-refractivity contribution in [1.29, 1.82) is 5.26 Å². The number of carbonyl (C=O) groups is 1. The monoisotopic (exact) mass is 246 g/mol. The van der Waals surface area contributed by atoms with Crippen LogP contribution in [0.15, 0.2) is 18.2 Å². The van der Waals surface area contributed by atoms with Gasteiger partial charge in [0.1, 0.15) is 6.07 Å². The lowest BCUT2D eigenvalue weighted by molar-refractivity contribution is 0.101. The molecule has 0 bridgehead atoms. The summed E-state index contributed by atoms with van der Waals surface area (Å²) in [6, 6.07) is 7.19. The van der Waals surface area contributed by atoms with Crippen LogP contribution in [0.4, 0.5) is 5.69 Å². The molecule has 0 saturated heterocycles. The lowest BCUT2D eigenvalue weighted by Gasteiger charge is -2.18. The molecule has 1 atom stereocenters. The smallest absolute Gasteiger partial charge is 0.159 e. The summed E-state index contributed by atoms with van der Waals surface area (Å²) in [6.07, 6.45) is 1.46. The van der Waals surface area contributed by atoms with Gasteiger partial charge >= 0.3 is 0 Å². The molecule has 0 amide bonds. The van der Waals surface area contributed by atoms with Crippen LogP contribution < -0.4 is 5.32 Å². The number of aliphatic hydroxyl groups excluding tert-OH is 1. The normalized spacial score (nSPS) is 11.7. The van der Waals surface area contributed by atoms with Gasteiger partial charge in [0.15, 0.2) is 5.78 Å². The van der Waals surface area contributed by atoms with Crippen molar-refractivity contribution in [3.8, 4) is 6.07 Å². The molecule has 1 rings (SSSR count). The summed E-state index contributed by atoms with van der Waals surface area (Å²) in [4.78, 5) is 11.3. The van der Waals surface area contributed by atoms with Gasteiger partial charge in [-0.1, -0.05) is 6.92 Å². The Kier molecular flexibility index (Phi) is 5.34. The number of rotatable bonds is 6. The number of nitrogens with zero attached hydrogens (tertiary/aromatic N) is 1. The van der Waals surface area contributed by atoms with Crippen LogP contribution in [0.5, 0.6) is 0 Å². The Hall–Kier alpha value is -1.86. The quantitative estimate of drug-likeness (QED) is 0.755. The first-order valence-corrected chi connectivity index (χ1v) is 6.04. The zero-order valence-corrected chi connectivity index (χ0v) is 10.7. The molecule has 96 valence electrons. The van der Waals surface area contributed by atoms with Gasteiger partial charge < -0.3 is 10.4 Å². The van der Waals surface area contributed by atoms with Gasteiger partial charge in [-0.2, -0.15) is 5.26 Å². The number of hydrogen-bond donors (Lipinski definition) is 2. The Balaban J connectivity index is 3.01. The Morgan fingerprint density at radius 2 is 2.28 bits per heavy atom. The third-order valence-corrected chi connectivity index (χ3v) is 2.88. The van der Waals surface area contributed by atoms with Gasteiger partial charge in [0.05, 0.1) is 11.3 Å². The molecule has 0 aliphatic heterocycles. The molecule has 2 N–H and O–H groups in total. The van der Waals surface area contributed by atoms with Crippen LogP contribution in [-0.2, 0) is 0 Å². The average molecular weight is 246 g/mol. The van der Waals surface area contributed by atoms with E-state index in [2.05, 4.69) is 11.4 Å². The predicted octanol–water partition coefficient (Wildman–Crippen LogP) is 2.33. The lowest BCUT2D eigenvalue weighted by atomic mass is 10.1. The van der Waals surface area contributed by atoms with Crippen LogP contribution >= 0.6 is 0 Å². The maximum atomic E-state index is 11.3. The minimum Gasteiger partial charge on any atom is -0.396 e. The van der Waals surface area contributed by atoms with E-state index in [-0.39, 0.29) is 18.4 Å². The number of aliphatic hydroxyl groups is 1. The third kappa shape index (κ3) is 3.57. The fraction of sp³-hybridized carbons (Fsp3) is 0.429. The van der Waals surface area contributed by atoms with Crippen LogP contribution in [0.1, 0.15) is 42.6 Å². The minimum atomic E-state index is -0.0299. The molecule has 1 aromatic rings. The number of nitrogens with one attached hydrogen (secondary N) is 1. The summed E-state index contributed by atoms with van der Waals surface area (Å²) in [5.74, 6) is -0.0299. The average Bonchev–Trinajstić information content (AvgIpc) is 2.37. The molecule has 0 saturated carbocycles. The number of carbonyl (C=O) groups excluding carboxylic acids is 1. The van der Waals surface area contributed by atoms with Crippen molar-refractivity contribution < 1.29 is 9.90 Å². The summed E-state index contributed by atoms with van der Waals surface area (Å²) in [5.41, 5.74) is 1.75. The SMILES string of the molecule is CCC(CCO)Nc1cc(C(C)=O)ccc1C#N. The van der Waals surface area contributed by atoms with Crippen molar-refractivity contribution in [1.82, 2.24) is 0 Å². The molecule has 0 fully saturated rings. The first kappa shape index (κ1) is 14.2. The van der Waals surface area contributed by atoms with E-state index >= 15 is 0 Å². The maximum absolute atomic E-state index is 11.3. The van der Waals surface area contributed by atoms with Crippen molar-refractivity contribution in [3.05, 3.63) is 29.3 Å². The van der Waals surface area contributed by atoms with Crippen molar-refractivity contribution >= 4 is 11.5 Å². The molecule has 0 heterocycles. The number of ketones is 1. The summed E-state index contributed by atoms with van der Waals surface area (Å²) < 4.78 is 0. The first-order valence-electron chi connectivity index (χ1n) is 6.04. The zero-order valence-electron chi connectivity index (χ0n) is 10.7. The molecular weight excluding hydrogens is 228 g/mol. The highest BCUT2D eigenvalue weighted by atomic mass is 16.3. The molecule has 0 spiro atoms. The largest absolute Gasteiger partial charge is 0.396 e. The Labute approximate surface area is 107 Å². The van der Waals surface area contributed by atoms with E-state index < -0.39 is 0 Å². The lowest BCUT2D eigenvalue weighted by Crippen LogP contribution is -2.20. The van der Waals surface area contributed by atoms with Crippen LogP contribution in [0, 0.1) is 11.3 Å². The van der Waals surface area contributed by atoms with Crippen LogP contribution in [0.3, 0.4) is 0 Å². The number of anilines is 1. The highest BCUT2D eigenvalue weighted by Crippen LogP contribution is 2.20. The number of Topliss-reactive ketones (excluding diaryl/α,β-unsaturated/α-hetero) is 1. The molecule has 0 radical (unpaired) electrons. The molecular formula is C14H18N2O2. The van der Waals surface area contributed by atoms with Crippen LogP contribution in [0.2, 0.25) is 0 Å². The highest BCUT2D eigenvalue weighted by molar-refractivity contribution is 5.95. The third-order valence-electron chi connectivity index (χ3n) is 2.88. The van der Waals surface area contributed by atoms with E-state index in [0.717, 1.165) is 6.42 Å². The van der Waals surface area contributed by atoms with E-state index in [4.69, 9.17) is 10.4 Å². The minimum absolute atomic E-state index is 0.0299. The molecule has 18 heavy (non-hydrogen) atoms. The first-order chi connectivity index (χ1) is 8.62. The molecule has 1 aromatic carbocycles. The van der Waals surface area contributed by atoms with Gasteiger partial charge in [-0.05, 0) is 38.0 Å².